The van der Waals surface area contributed by atoms with Crippen molar-refractivity contribution in [2.24, 2.45) is 11.8 Å². The van der Waals surface area contributed by atoms with Crippen LogP contribution in [0.5, 0.6) is 0 Å². The average molecular weight is 276 g/mol. The Kier molecular flexibility index (Phi) is 7.86. The van der Waals surface area contributed by atoms with E-state index in [-0.39, 0.29) is 0 Å². The van der Waals surface area contributed by atoms with E-state index in [1.54, 1.807) is 0 Å². The molecule has 1 aromatic carbocycles. The minimum absolute atomic E-state index is 0.386. The van der Waals surface area contributed by atoms with Crippen LogP contribution in [-0.4, -0.2) is 6.04 Å². The van der Waals surface area contributed by atoms with Crippen LogP contribution in [0.3, 0.4) is 0 Å². The first-order chi connectivity index (χ1) is 9.60. The lowest BCUT2D eigenvalue weighted by Gasteiger charge is -2.23. The molecule has 0 aliphatic carbocycles. The Morgan fingerprint density at radius 3 is 2.55 bits per heavy atom. The fourth-order valence-corrected chi connectivity index (χ4v) is 2.88. The third kappa shape index (κ3) is 5.64. The Morgan fingerprint density at radius 2 is 1.95 bits per heavy atom. The molecule has 114 valence electrons. The second-order valence-electron chi connectivity index (χ2n) is 6.15. The molecule has 2 unspecified atom stereocenters. The molecule has 0 aliphatic rings. The molecule has 0 radical (unpaired) electrons. The highest BCUT2D eigenvalue weighted by atomic mass is 15.2. The molecule has 0 aliphatic heterocycles. The van der Waals surface area contributed by atoms with Gasteiger partial charge in [-0.15, -0.1) is 0 Å². The van der Waals surface area contributed by atoms with Gasteiger partial charge < -0.3 is 0 Å². The van der Waals surface area contributed by atoms with E-state index in [1.807, 2.05) is 0 Å². The fraction of sp³-hybridized carbons (Fsp3) is 0.667. The van der Waals surface area contributed by atoms with Crippen molar-refractivity contribution >= 4 is 0 Å². The summed E-state index contributed by atoms with van der Waals surface area (Å²) in [7, 11) is 0. The summed E-state index contributed by atoms with van der Waals surface area (Å²) in [6.45, 7) is 8.91. The Morgan fingerprint density at radius 1 is 1.20 bits per heavy atom. The summed E-state index contributed by atoms with van der Waals surface area (Å²) in [5, 5.41) is 0. The van der Waals surface area contributed by atoms with Crippen molar-refractivity contribution in [2.45, 2.75) is 72.3 Å². The number of benzene rings is 1. The number of hydrogen-bond donors (Lipinski definition) is 2. The minimum Gasteiger partial charge on any atom is -0.271 e. The molecule has 3 N–H and O–H groups in total. The van der Waals surface area contributed by atoms with Crippen LogP contribution in [-0.2, 0) is 6.42 Å². The zero-order valence-electron chi connectivity index (χ0n) is 13.7. The van der Waals surface area contributed by atoms with Crippen LogP contribution in [0.25, 0.3) is 0 Å². The molecule has 0 saturated heterocycles. The van der Waals surface area contributed by atoms with Crippen LogP contribution in [0.4, 0.5) is 0 Å². The number of hydrazine groups is 1. The first-order valence-electron chi connectivity index (χ1n) is 8.12. The Hall–Kier alpha value is -0.860. The number of nitrogens with two attached hydrogens (primary N) is 1. The molecular weight excluding hydrogens is 244 g/mol. The van der Waals surface area contributed by atoms with Gasteiger partial charge in [-0.2, -0.15) is 0 Å². The lowest BCUT2D eigenvalue weighted by molar-refractivity contribution is 0.349. The van der Waals surface area contributed by atoms with Crippen LogP contribution in [0, 0.1) is 19.8 Å². The van der Waals surface area contributed by atoms with E-state index in [4.69, 9.17) is 5.84 Å². The molecular formula is C18H32N2. The third-order valence-corrected chi connectivity index (χ3v) is 4.37. The molecule has 0 heterocycles. The molecule has 0 fully saturated rings. The van der Waals surface area contributed by atoms with E-state index in [0.717, 1.165) is 12.3 Å². The van der Waals surface area contributed by atoms with Crippen LogP contribution >= 0.6 is 0 Å². The predicted molar refractivity (Wildman–Crippen MR) is 88.7 cm³/mol. The molecule has 1 aromatic rings. The second kappa shape index (κ2) is 9.15. The highest BCUT2D eigenvalue weighted by molar-refractivity contribution is 5.31. The van der Waals surface area contributed by atoms with E-state index >= 15 is 0 Å². The Bertz CT molecular complexity index is 387. The van der Waals surface area contributed by atoms with Gasteiger partial charge in [-0.1, -0.05) is 63.3 Å². The van der Waals surface area contributed by atoms with Crippen molar-refractivity contribution in [1.29, 1.82) is 0 Å². The summed E-state index contributed by atoms with van der Waals surface area (Å²) in [5.74, 6) is 6.58. The molecule has 2 heteroatoms. The number of nitrogens with one attached hydrogen (secondary N) is 1. The van der Waals surface area contributed by atoms with Crippen molar-refractivity contribution in [3.05, 3.63) is 34.9 Å². The quantitative estimate of drug-likeness (QED) is 0.522. The molecule has 0 spiro atoms. The molecule has 0 amide bonds. The third-order valence-electron chi connectivity index (χ3n) is 4.37. The van der Waals surface area contributed by atoms with Gasteiger partial charge in [0.05, 0.1) is 0 Å². The molecule has 1 rings (SSSR count). The van der Waals surface area contributed by atoms with Gasteiger partial charge in [0.1, 0.15) is 0 Å². The number of rotatable bonds is 9. The molecule has 0 aromatic heterocycles. The zero-order chi connectivity index (χ0) is 15.0. The first-order valence-corrected chi connectivity index (χ1v) is 8.12. The summed E-state index contributed by atoms with van der Waals surface area (Å²) in [6.07, 6.45) is 7.42. The van der Waals surface area contributed by atoms with Gasteiger partial charge in [0.2, 0.25) is 0 Å². The number of aryl methyl sites for hydroxylation is 2. The van der Waals surface area contributed by atoms with Crippen LogP contribution < -0.4 is 11.3 Å². The standard InChI is InChI=1S/C18H32N2/c1-5-7-8-16(6-2)12-18(20-19)13-17-11-14(3)9-10-15(17)4/h9-11,16,18,20H,5-8,12-13,19H2,1-4H3. The second-order valence-corrected chi connectivity index (χ2v) is 6.15. The largest absolute Gasteiger partial charge is 0.271 e. The fourth-order valence-electron chi connectivity index (χ4n) is 2.88. The Labute approximate surface area is 125 Å². The Balaban J connectivity index is 2.63. The SMILES string of the molecule is CCCCC(CC)CC(Cc1cc(C)ccc1C)NN. The van der Waals surface area contributed by atoms with Gasteiger partial charge in [-0.05, 0) is 43.7 Å². The van der Waals surface area contributed by atoms with Gasteiger partial charge in [0.25, 0.3) is 0 Å². The molecule has 2 atom stereocenters. The zero-order valence-corrected chi connectivity index (χ0v) is 13.7. The summed E-state index contributed by atoms with van der Waals surface area (Å²) in [6, 6.07) is 7.08. The van der Waals surface area contributed by atoms with Gasteiger partial charge in [-0.25, -0.2) is 0 Å². The smallest absolute Gasteiger partial charge is 0.0253 e. The summed E-state index contributed by atoms with van der Waals surface area (Å²) < 4.78 is 0. The summed E-state index contributed by atoms with van der Waals surface area (Å²) in [5.41, 5.74) is 7.17. The maximum absolute atomic E-state index is 5.79. The topological polar surface area (TPSA) is 38.0 Å². The lowest BCUT2D eigenvalue weighted by Crippen LogP contribution is -2.38. The summed E-state index contributed by atoms with van der Waals surface area (Å²) in [4.78, 5) is 0. The highest BCUT2D eigenvalue weighted by Gasteiger charge is 2.15. The van der Waals surface area contributed by atoms with Crippen LogP contribution in [0.15, 0.2) is 18.2 Å². The first kappa shape index (κ1) is 17.2. The van der Waals surface area contributed by atoms with Crippen molar-refractivity contribution in [2.75, 3.05) is 0 Å². The van der Waals surface area contributed by atoms with E-state index in [1.165, 1.54) is 48.8 Å². The number of hydrogen-bond acceptors (Lipinski definition) is 2. The van der Waals surface area contributed by atoms with E-state index in [2.05, 4.69) is 51.3 Å². The molecule has 0 saturated carbocycles. The highest BCUT2D eigenvalue weighted by Crippen LogP contribution is 2.21. The molecule has 0 bridgehead atoms. The van der Waals surface area contributed by atoms with Crippen LogP contribution in [0.1, 0.15) is 62.6 Å². The van der Waals surface area contributed by atoms with Crippen LogP contribution in [0.2, 0.25) is 0 Å². The van der Waals surface area contributed by atoms with E-state index < -0.39 is 0 Å². The van der Waals surface area contributed by atoms with Crippen molar-refractivity contribution in [3.63, 3.8) is 0 Å². The van der Waals surface area contributed by atoms with E-state index in [9.17, 15) is 0 Å². The molecule has 20 heavy (non-hydrogen) atoms. The normalized spacial score (nSPS) is 14.2. The minimum atomic E-state index is 0.386. The number of unbranched alkanes of at least 4 members (excludes halogenated alkanes) is 1. The maximum atomic E-state index is 5.79. The lowest BCUT2D eigenvalue weighted by atomic mass is 9.89. The van der Waals surface area contributed by atoms with Gasteiger partial charge in [0.15, 0.2) is 0 Å². The van der Waals surface area contributed by atoms with Gasteiger partial charge in [0, 0.05) is 6.04 Å². The van der Waals surface area contributed by atoms with Crippen molar-refractivity contribution < 1.29 is 0 Å². The molecule has 2 nitrogen and oxygen atoms in total. The monoisotopic (exact) mass is 276 g/mol. The van der Waals surface area contributed by atoms with Gasteiger partial charge in [-0.3, -0.25) is 11.3 Å². The predicted octanol–water partition coefficient (Wildman–Crippen LogP) is 4.28. The van der Waals surface area contributed by atoms with E-state index in [0.29, 0.717) is 6.04 Å². The average Bonchev–Trinajstić information content (AvgIpc) is 2.45. The van der Waals surface area contributed by atoms with Crippen molar-refractivity contribution in [1.82, 2.24) is 5.43 Å². The van der Waals surface area contributed by atoms with Gasteiger partial charge >= 0.3 is 0 Å². The maximum Gasteiger partial charge on any atom is 0.0253 e. The summed E-state index contributed by atoms with van der Waals surface area (Å²) >= 11 is 0. The van der Waals surface area contributed by atoms with Crippen molar-refractivity contribution in [3.8, 4) is 0 Å².